The van der Waals surface area contributed by atoms with E-state index in [1.807, 2.05) is 30.6 Å². The van der Waals surface area contributed by atoms with E-state index < -0.39 is 0 Å². The molecule has 0 fully saturated rings. The van der Waals surface area contributed by atoms with Crippen LogP contribution in [0, 0.1) is 0 Å². The predicted octanol–water partition coefficient (Wildman–Crippen LogP) is 2.27. The summed E-state index contributed by atoms with van der Waals surface area (Å²) in [7, 11) is 1.84. The topological polar surface area (TPSA) is 72.7 Å². The predicted molar refractivity (Wildman–Crippen MR) is 89.4 cm³/mol. The Hall–Kier alpha value is -2.80. The van der Waals surface area contributed by atoms with E-state index in [0.29, 0.717) is 12.2 Å². The maximum absolute atomic E-state index is 11.9. The van der Waals surface area contributed by atoms with Gasteiger partial charge in [-0.3, -0.25) is 19.4 Å². The van der Waals surface area contributed by atoms with Crippen molar-refractivity contribution >= 4 is 23.3 Å². The Labute approximate surface area is 137 Å². The summed E-state index contributed by atoms with van der Waals surface area (Å²) in [6.07, 6.45) is 8.24. The van der Waals surface area contributed by atoms with Gasteiger partial charge in [-0.1, -0.05) is 6.07 Å². The third-order valence-electron chi connectivity index (χ3n) is 3.19. The van der Waals surface area contributed by atoms with Crippen molar-refractivity contribution in [3.63, 3.8) is 0 Å². The molecule has 0 radical (unpaired) electrons. The smallest absolute Gasteiger partial charge is 0.244 e. The number of carbonyl (C=O) groups is 1. The van der Waals surface area contributed by atoms with Crippen molar-refractivity contribution in [3.05, 3.63) is 58.8 Å². The Kier molecular flexibility index (Phi) is 4.58. The molecule has 0 aromatic carbocycles. The highest BCUT2D eigenvalue weighted by Gasteiger charge is 2.08. The van der Waals surface area contributed by atoms with Crippen LogP contribution in [0.5, 0.6) is 0 Å². The molecule has 0 unspecified atom stereocenters. The van der Waals surface area contributed by atoms with Crippen LogP contribution in [0.2, 0.25) is 0 Å². The molecule has 0 aliphatic carbocycles. The molecular weight excluding hydrogens is 310 g/mol. The molecule has 3 rings (SSSR count). The number of thiophene rings is 1. The first-order valence-corrected chi connectivity index (χ1v) is 7.89. The zero-order chi connectivity index (χ0) is 16.1. The molecule has 1 amide bonds. The second-order valence-electron chi connectivity index (χ2n) is 4.80. The molecule has 0 spiro atoms. The largest absolute Gasteiger partial charge is 0.347 e. The van der Waals surface area contributed by atoms with Gasteiger partial charge in [0.25, 0.3) is 0 Å². The number of hydrogen-bond acceptors (Lipinski definition) is 5. The normalized spacial score (nSPS) is 11.0. The molecule has 1 N–H and O–H groups in total. The van der Waals surface area contributed by atoms with Gasteiger partial charge < -0.3 is 5.32 Å². The standard InChI is InChI=1S/C16H15N5OS/c1-21-12(9-14(20-21)15-11-17-6-7-18-15)10-19-16(22)5-4-13-3-2-8-23-13/h2-9,11H,10H2,1H3,(H,19,22). The molecule has 3 heterocycles. The van der Waals surface area contributed by atoms with Crippen LogP contribution in [0.1, 0.15) is 10.6 Å². The van der Waals surface area contributed by atoms with Gasteiger partial charge in [0.1, 0.15) is 11.4 Å². The summed E-state index contributed by atoms with van der Waals surface area (Å²) in [5, 5.41) is 9.21. The Bertz CT molecular complexity index is 808. The lowest BCUT2D eigenvalue weighted by Crippen LogP contribution is -2.21. The number of rotatable bonds is 5. The molecule has 116 valence electrons. The van der Waals surface area contributed by atoms with E-state index >= 15 is 0 Å². The van der Waals surface area contributed by atoms with E-state index in [9.17, 15) is 4.79 Å². The summed E-state index contributed by atoms with van der Waals surface area (Å²) in [5.74, 6) is -0.138. The van der Waals surface area contributed by atoms with Crippen molar-refractivity contribution in [2.75, 3.05) is 0 Å². The Morgan fingerprint density at radius 3 is 3.04 bits per heavy atom. The monoisotopic (exact) mass is 325 g/mol. The molecule has 23 heavy (non-hydrogen) atoms. The summed E-state index contributed by atoms with van der Waals surface area (Å²) in [6, 6.07) is 5.81. The maximum Gasteiger partial charge on any atom is 0.244 e. The third-order valence-corrected chi connectivity index (χ3v) is 4.03. The van der Waals surface area contributed by atoms with Crippen molar-refractivity contribution in [1.29, 1.82) is 0 Å². The fourth-order valence-corrected chi connectivity index (χ4v) is 2.63. The van der Waals surface area contributed by atoms with Crippen LogP contribution in [-0.2, 0) is 18.4 Å². The number of aromatic nitrogens is 4. The van der Waals surface area contributed by atoms with Crippen LogP contribution in [0.4, 0.5) is 0 Å². The van der Waals surface area contributed by atoms with Crippen molar-refractivity contribution < 1.29 is 4.79 Å². The summed E-state index contributed by atoms with van der Waals surface area (Å²) in [5.41, 5.74) is 2.33. The van der Waals surface area contributed by atoms with E-state index in [1.165, 1.54) is 6.08 Å². The molecule has 3 aromatic rings. The van der Waals surface area contributed by atoms with E-state index in [4.69, 9.17) is 0 Å². The summed E-state index contributed by atoms with van der Waals surface area (Å²) >= 11 is 1.59. The van der Waals surface area contributed by atoms with Crippen molar-refractivity contribution in [2.45, 2.75) is 6.54 Å². The first-order valence-electron chi connectivity index (χ1n) is 7.01. The molecular formula is C16H15N5OS. The lowest BCUT2D eigenvalue weighted by molar-refractivity contribution is -0.116. The van der Waals surface area contributed by atoms with Gasteiger partial charge in [0, 0.05) is 30.4 Å². The molecule has 0 bridgehead atoms. The minimum absolute atomic E-state index is 0.138. The first kappa shape index (κ1) is 15.1. The van der Waals surface area contributed by atoms with Gasteiger partial charge in [0.15, 0.2) is 0 Å². The summed E-state index contributed by atoms with van der Waals surface area (Å²) in [4.78, 5) is 21.2. The molecule has 3 aromatic heterocycles. The van der Waals surface area contributed by atoms with Crippen molar-refractivity contribution in [3.8, 4) is 11.4 Å². The van der Waals surface area contributed by atoms with Gasteiger partial charge in [-0.25, -0.2) is 0 Å². The highest BCUT2D eigenvalue weighted by Crippen LogP contribution is 2.15. The molecule has 6 nitrogen and oxygen atoms in total. The molecule has 0 aliphatic heterocycles. The van der Waals surface area contributed by atoms with Crippen molar-refractivity contribution in [2.24, 2.45) is 7.05 Å². The highest BCUT2D eigenvalue weighted by molar-refractivity contribution is 7.10. The van der Waals surface area contributed by atoms with Gasteiger partial charge in [-0.2, -0.15) is 5.10 Å². The second-order valence-corrected chi connectivity index (χ2v) is 5.78. The molecule has 0 saturated heterocycles. The molecule has 7 heteroatoms. The van der Waals surface area contributed by atoms with Gasteiger partial charge >= 0.3 is 0 Å². The van der Waals surface area contributed by atoms with Crippen LogP contribution in [0.15, 0.2) is 48.2 Å². The number of nitrogens with zero attached hydrogens (tertiary/aromatic N) is 4. The number of carbonyl (C=O) groups excluding carboxylic acids is 1. The van der Waals surface area contributed by atoms with Crippen LogP contribution in [0.3, 0.4) is 0 Å². The van der Waals surface area contributed by atoms with Crippen LogP contribution < -0.4 is 5.32 Å². The van der Waals surface area contributed by atoms with E-state index in [0.717, 1.165) is 16.3 Å². The Balaban J connectivity index is 1.62. The number of amides is 1. The minimum atomic E-state index is -0.138. The summed E-state index contributed by atoms with van der Waals surface area (Å²) in [6.45, 7) is 0.400. The van der Waals surface area contributed by atoms with Gasteiger partial charge in [-0.05, 0) is 23.6 Å². The van der Waals surface area contributed by atoms with Gasteiger partial charge in [-0.15, -0.1) is 11.3 Å². The minimum Gasteiger partial charge on any atom is -0.347 e. The van der Waals surface area contributed by atoms with Crippen LogP contribution in [-0.4, -0.2) is 25.7 Å². The van der Waals surface area contributed by atoms with E-state index in [-0.39, 0.29) is 5.91 Å². The second kappa shape index (κ2) is 6.97. The quantitative estimate of drug-likeness (QED) is 0.730. The fraction of sp³-hybridized carbons (Fsp3) is 0.125. The SMILES string of the molecule is Cn1nc(-c2cnccn2)cc1CNC(=O)C=Cc1cccs1. The molecule has 0 atom stereocenters. The van der Waals surface area contributed by atoms with Crippen LogP contribution >= 0.6 is 11.3 Å². The number of hydrogen-bond donors (Lipinski definition) is 1. The van der Waals surface area contributed by atoms with Crippen LogP contribution in [0.25, 0.3) is 17.5 Å². The first-order chi connectivity index (χ1) is 11.2. The lowest BCUT2D eigenvalue weighted by Gasteiger charge is -2.02. The maximum atomic E-state index is 11.9. The lowest BCUT2D eigenvalue weighted by atomic mass is 10.3. The Morgan fingerprint density at radius 1 is 1.39 bits per heavy atom. The van der Waals surface area contributed by atoms with Gasteiger partial charge in [0.05, 0.1) is 18.4 Å². The average molecular weight is 325 g/mol. The highest BCUT2D eigenvalue weighted by atomic mass is 32.1. The average Bonchev–Trinajstić information content (AvgIpc) is 3.21. The fourth-order valence-electron chi connectivity index (χ4n) is 2.01. The van der Waals surface area contributed by atoms with Crippen molar-refractivity contribution in [1.82, 2.24) is 25.1 Å². The molecule has 0 saturated carbocycles. The number of aryl methyl sites for hydroxylation is 1. The summed E-state index contributed by atoms with van der Waals surface area (Å²) < 4.78 is 1.73. The Morgan fingerprint density at radius 2 is 2.30 bits per heavy atom. The van der Waals surface area contributed by atoms with E-state index in [2.05, 4.69) is 20.4 Å². The zero-order valence-corrected chi connectivity index (χ0v) is 13.3. The van der Waals surface area contributed by atoms with Gasteiger partial charge in [0.2, 0.25) is 5.91 Å². The number of nitrogens with one attached hydrogen (secondary N) is 1. The van der Waals surface area contributed by atoms with E-state index in [1.54, 1.807) is 40.7 Å². The molecule has 0 aliphatic rings. The third kappa shape index (κ3) is 3.89. The zero-order valence-electron chi connectivity index (χ0n) is 12.5.